The summed E-state index contributed by atoms with van der Waals surface area (Å²) in [7, 11) is 0. The molecule has 0 aliphatic heterocycles. The second-order valence-corrected chi connectivity index (χ2v) is 13.7. The highest BCUT2D eigenvalue weighted by Crippen LogP contribution is 2.67. The first-order valence-electron chi connectivity index (χ1n) is 13.5. The van der Waals surface area contributed by atoms with Crippen molar-refractivity contribution in [1.29, 1.82) is 0 Å². The van der Waals surface area contributed by atoms with E-state index in [0.717, 1.165) is 12.3 Å². The zero-order valence-corrected chi connectivity index (χ0v) is 21.5. The zero-order valence-electron chi connectivity index (χ0n) is 21.5. The van der Waals surface area contributed by atoms with E-state index < -0.39 is 0 Å². The summed E-state index contributed by atoms with van der Waals surface area (Å²) in [5.74, 6) is 3.37. The molecule has 9 atom stereocenters. The van der Waals surface area contributed by atoms with Gasteiger partial charge in [0.2, 0.25) is 0 Å². The lowest BCUT2D eigenvalue weighted by atomic mass is 9.40. The SMILES string of the molecule is C=C(C)C1CCC2(N)CCC(C)C3(C)CCC4C(C)(C)C(O)CCC4(C)C3CCCC12. The Balaban J connectivity index is 1.66. The topological polar surface area (TPSA) is 46.2 Å². The summed E-state index contributed by atoms with van der Waals surface area (Å²) in [5.41, 5.74) is 9.35. The van der Waals surface area contributed by atoms with Gasteiger partial charge in [0, 0.05) is 5.54 Å². The fourth-order valence-electron chi connectivity index (χ4n) is 9.78. The minimum absolute atomic E-state index is 0.0269. The molecule has 0 aromatic heterocycles. The molecular formula is C29H51NO. The Bertz CT molecular complexity index is 699. The monoisotopic (exact) mass is 429 g/mol. The van der Waals surface area contributed by atoms with Crippen molar-refractivity contribution in [1.82, 2.24) is 0 Å². The average molecular weight is 430 g/mol. The van der Waals surface area contributed by atoms with Gasteiger partial charge in [0.1, 0.15) is 0 Å². The van der Waals surface area contributed by atoms with Crippen LogP contribution in [-0.4, -0.2) is 16.7 Å². The molecule has 0 aromatic carbocycles. The Hall–Kier alpha value is -0.340. The van der Waals surface area contributed by atoms with E-state index in [2.05, 4.69) is 48.1 Å². The van der Waals surface area contributed by atoms with Gasteiger partial charge in [-0.15, -0.1) is 0 Å². The lowest BCUT2D eigenvalue weighted by Gasteiger charge is -2.65. The molecule has 0 amide bonds. The summed E-state index contributed by atoms with van der Waals surface area (Å²) in [5, 5.41) is 10.9. The van der Waals surface area contributed by atoms with Gasteiger partial charge in [-0.3, -0.25) is 0 Å². The summed E-state index contributed by atoms with van der Waals surface area (Å²) in [6, 6.07) is 0. The normalized spacial score (nSPS) is 52.5. The Morgan fingerprint density at radius 3 is 2.16 bits per heavy atom. The van der Waals surface area contributed by atoms with Crippen LogP contribution in [-0.2, 0) is 0 Å². The molecule has 0 spiro atoms. The lowest BCUT2D eigenvalue weighted by Crippen LogP contribution is -2.60. The van der Waals surface area contributed by atoms with Crippen molar-refractivity contribution in [2.75, 3.05) is 0 Å². The van der Waals surface area contributed by atoms with Crippen LogP contribution < -0.4 is 5.73 Å². The Morgan fingerprint density at radius 2 is 1.48 bits per heavy atom. The summed E-state index contributed by atoms with van der Waals surface area (Å²) in [4.78, 5) is 0. The summed E-state index contributed by atoms with van der Waals surface area (Å²) in [6.07, 6.45) is 13.5. The second kappa shape index (κ2) is 7.86. The van der Waals surface area contributed by atoms with Gasteiger partial charge < -0.3 is 10.8 Å². The molecule has 0 saturated heterocycles. The summed E-state index contributed by atoms with van der Waals surface area (Å²) in [6.45, 7) is 19.1. The van der Waals surface area contributed by atoms with Crippen molar-refractivity contribution in [2.45, 2.75) is 124 Å². The molecule has 4 rings (SSSR count). The van der Waals surface area contributed by atoms with E-state index >= 15 is 0 Å². The molecule has 9 unspecified atom stereocenters. The van der Waals surface area contributed by atoms with Gasteiger partial charge in [0.15, 0.2) is 0 Å². The first kappa shape index (κ1) is 23.8. The molecule has 0 aromatic rings. The molecule has 4 aliphatic rings. The Labute approximate surface area is 192 Å². The third-order valence-corrected chi connectivity index (χ3v) is 12.0. The molecule has 0 radical (unpaired) electrons. The van der Waals surface area contributed by atoms with Crippen molar-refractivity contribution in [3.05, 3.63) is 12.2 Å². The predicted octanol–water partition coefficient (Wildman–Crippen LogP) is 7.11. The molecule has 2 heteroatoms. The van der Waals surface area contributed by atoms with Crippen LogP contribution in [0.15, 0.2) is 12.2 Å². The molecule has 2 nitrogen and oxygen atoms in total. The average Bonchev–Trinajstić information content (AvgIpc) is 3.02. The number of fused-ring (bicyclic) bond motifs is 4. The van der Waals surface area contributed by atoms with Crippen LogP contribution in [0.5, 0.6) is 0 Å². The van der Waals surface area contributed by atoms with Gasteiger partial charge in [-0.05, 0) is 117 Å². The van der Waals surface area contributed by atoms with Crippen molar-refractivity contribution < 1.29 is 5.11 Å². The van der Waals surface area contributed by atoms with Gasteiger partial charge in [-0.25, -0.2) is 0 Å². The predicted molar refractivity (Wildman–Crippen MR) is 132 cm³/mol. The number of rotatable bonds is 1. The Kier molecular flexibility index (Phi) is 6.04. The molecular weight excluding hydrogens is 378 g/mol. The maximum Gasteiger partial charge on any atom is 0.0594 e. The summed E-state index contributed by atoms with van der Waals surface area (Å²) >= 11 is 0. The molecule has 0 heterocycles. The van der Waals surface area contributed by atoms with Crippen LogP contribution in [0.4, 0.5) is 0 Å². The third kappa shape index (κ3) is 3.58. The van der Waals surface area contributed by atoms with E-state index in [9.17, 15) is 5.11 Å². The maximum atomic E-state index is 10.9. The van der Waals surface area contributed by atoms with E-state index in [1.54, 1.807) is 0 Å². The number of nitrogens with two attached hydrogens (primary N) is 1. The van der Waals surface area contributed by atoms with Crippen molar-refractivity contribution in [3.8, 4) is 0 Å². The molecule has 0 bridgehead atoms. The highest BCUT2D eigenvalue weighted by atomic mass is 16.3. The third-order valence-electron chi connectivity index (χ3n) is 12.0. The first-order chi connectivity index (χ1) is 14.4. The lowest BCUT2D eigenvalue weighted by molar-refractivity contribution is -0.184. The van der Waals surface area contributed by atoms with Crippen LogP contribution >= 0.6 is 0 Å². The van der Waals surface area contributed by atoms with Crippen molar-refractivity contribution in [3.63, 3.8) is 0 Å². The smallest absolute Gasteiger partial charge is 0.0594 e. The number of hydrogen-bond acceptors (Lipinski definition) is 2. The first-order valence-corrected chi connectivity index (χ1v) is 13.5. The quantitative estimate of drug-likeness (QED) is 0.436. The molecule has 4 saturated carbocycles. The van der Waals surface area contributed by atoms with Gasteiger partial charge in [0.25, 0.3) is 0 Å². The van der Waals surface area contributed by atoms with E-state index in [-0.39, 0.29) is 17.1 Å². The number of allylic oxidation sites excluding steroid dienone is 1. The number of aliphatic hydroxyl groups excluding tert-OH is 1. The maximum absolute atomic E-state index is 10.9. The van der Waals surface area contributed by atoms with Crippen molar-refractivity contribution in [2.24, 2.45) is 51.6 Å². The van der Waals surface area contributed by atoms with E-state index in [4.69, 9.17) is 5.73 Å². The van der Waals surface area contributed by atoms with Gasteiger partial charge in [-0.1, -0.05) is 53.2 Å². The van der Waals surface area contributed by atoms with E-state index in [0.29, 0.717) is 34.5 Å². The number of hydrogen-bond donors (Lipinski definition) is 2. The van der Waals surface area contributed by atoms with E-state index in [1.165, 1.54) is 69.8 Å². The Morgan fingerprint density at radius 1 is 0.839 bits per heavy atom. The fraction of sp³-hybridized carbons (Fsp3) is 0.931. The number of aliphatic hydroxyl groups is 1. The summed E-state index contributed by atoms with van der Waals surface area (Å²) < 4.78 is 0. The minimum Gasteiger partial charge on any atom is -0.393 e. The largest absolute Gasteiger partial charge is 0.393 e. The second-order valence-electron chi connectivity index (χ2n) is 13.7. The standard InChI is InChI=1S/C29H51NO/c1-19(2)21-12-18-29(30)17-11-20(3)27(6)15-13-23-26(4,5)25(31)14-16-28(23,7)24(27)10-8-9-22(21)29/h20-25,31H,1,8-18,30H2,2-7H3. The van der Waals surface area contributed by atoms with Crippen LogP contribution in [0, 0.1) is 45.8 Å². The van der Waals surface area contributed by atoms with Crippen LogP contribution in [0.1, 0.15) is 112 Å². The molecule has 178 valence electrons. The van der Waals surface area contributed by atoms with Gasteiger partial charge >= 0.3 is 0 Å². The molecule has 4 fully saturated rings. The van der Waals surface area contributed by atoms with Crippen LogP contribution in [0.2, 0.25) is 0 Å². The molecule has 4 aliphatic carbocycles. The highest BCUT2D eigenvalue weighted by molar-refractivity contribution is 5.13. The van der Waals surface area contributed by atoms with Crippen molar-refractivity contribution >= 4 is 0 Å². The molecule has 31 heavy (non-hydrogen) atoms. The molecule has 3 N–H and O–H groups in total. The minimum atomic E-state index is -0.139. The van der Waals surface area contributed by atoms with Gasteiger partial charge in [0.05, 0.1) is 6.10 Å². The van der Waals surface area contributed by atoms with E-state index in [1.807, 2.05) is 0 Å². The highest BCUT2D eigenvalue weighted by Gasteiger charge is 2.61. The zero-order chi connectivity index (χ0) is 22.8. The fourth-order valence-corrected chi connectivity index (χ4v) is 9.78. The van der Waals surface area contributed by atoms with Gasteiger partial charge in [-0.2, -0.15) is 0 Å². The van der Waals surface area contributed by atoms with Crippen LogP contribution in [0.3, 0.4) is 0 Å². The van der Waals surface area contributed by atoms with Crippen LogP contribution in [0.25, 0.3) is 0 Å².